The van der Waals surface area contributed by atoms with Gasteiger partial charge in [0.25, 0.3) is 0 Å². The lowest BCUT2D eigenvalue weighted by atomic mass is 10.1. The maximum Gasteiger partial charge on any atom is 0.154 e. The summed E-state index contributed by atoms with van der Waals surface area (Å²) in [6.07, 6.45) is 3.68. The number of fused-ring (bicyclic) bond motifs is 1. The molecular weight excluding hydrogens is 260 g/mol. The van der Waals surface area contributed by atoms with Gasteiger partial charge in [-0.15, -0.1) is 0 Å². The molecule has 3 rings (SSSR count). The maximum atomic E-state index is 4.70. The first-order valence-electron chi connectivity index (χ1n) is 7.17. The van der Waals surface area contributed by atoms with Gasteiger partial charge in [-0.1, -0.05) is 18.2 Å². The molecule has 2 heterocycles. The van der Waals surface area contributed by atoms with Gasteiger partial charge in [-0.3, -0.25) is 0 Å². The van der Waals surface area contributed by atoms with Crippen LogP contribution in [-0.2, 0) is 6.54 Å². The predicted octanol–water partition coefficient (Wildman–Crippen LogP) is 3.31. The lowest BCUT2D eigenvalue weighted by Gasteiger charge is -2.21. The molecule has 0 radical (unpaired) electrons. The van der Waals surface area contributed by atoms with Gasteiger partial charge in [0.2, 0.25) is 0 Å². The van der Waals surface area contributed by atoms with Crippen LogP contribution in [0, 0.1) is 0 Å². The minimum absolute atomic E-state index is 0.0796. The molecule has 0 aliphatic carbocycles. The monoisotopic (exact) mass is 280 g/mol. The fourth-order valence-electron chi connectivity index (χ4n) is 2.26. The molecule has 4 nitrogen and oxygen atoms in total. The minimum Gasteiger partial charge on any atom is -0.308 e. The highest BCUT2D eigenvalue weighted by Gasteiger charge is 2.12. The molecule has 108 valence electrons. The first-order valence-corrected chi connectivity index (χ1v) is 7.17. The molecule has 1 N–H and O–H groups in total. The average Bonchev–Trinajstić information content (AvgIpc) is 2.98. The number of para-hydroxylation sites is 1. The summed E-state index contributed by atoms with van der Waals surface area (Å²) in [5, 5.41) is 9.01. The van der Waals surface area contributed by atoms with Crippen molar-refractivity contribution in [2.75, 3.05) is 0 Å². The third-order valence-corrected chi connectivity index (χ3v) is 3.34. The van der Waals surface area contributed by atoms with Gasteiger partial charge >= 0.3 is 0 Å². The van der Waals surface area contributed by atoms with Crippen molar-refractivity contribution in [1.82, 2.24) is 20.1 Å². The molecule has 1 aromatic carbocycles. The van der Waals surface area contributed by atoms with Gasteiger partial charge in [-0.25, -0.2) is 9.67 Å². The first kappa shape index (κ1) is 13.8. The molecule has 0 amide bonds. The van der Waals surface area contributed by atoms with Gasteiger partial charge in [0, 0.05) is 29.9 Å². The highest BCUT2D eigenvalue weighted by molar-refractivity contribution is 5.83. The maximum absolute atomic E-state index is 4.70. The molecule has 21 heavy (non-hydrogen) atoms. The van der Waals surface area contributed by atoms with Crippen LogP contribution in [0.2, 0.25) is 0 Å². The number of benzene rings is 1. The number of nitrogens with zero attached hydrogens (tertiary/aromatic N) is 3. The fraction of sp³-hybridized carbons (Fsp3) is 0.294. The zero-order chi connectivity index (χ0) is 14.9. The largest absolute Gasteiger partial charge is 0.308 e. The van der Waals surface area contributed by atoms with Crippen molar-refractivity contribution in [1.29, 1.82) is 0 Å². The van der Waals surface area contributed by atoms with Gasteiger partial charge in [-0.2, -0.15) is 5.10 Å². The van der Waals surface area contributed by atoms with E-state index in [0.717, 1.165) is 17.9 Å². The highest BCUT2D eigenvalue weighted by atomic mass is 15.3. The van der Waals surface area contributed by atoms with Gasteiger partial charge in [0.05, 0.1) is 5.52 Å². The predicted molar refractivity (Wildman–Crippen MR) is 85.5 cm³/mol. The second-order valence-electron chi connectivity index (χ2n) is 6.21. The summed E-state index contributed by atoms with van der Waals surface area (Å²) in [7, 11) is 0. The van der Waals surface area contributed by atoms with Crippen LogP contribution in [0.4, 0.5) is 0 Å². The minimum atomic E-state index is 0.0796. The van der Waals surface area contributed by atoms with E-state index in [-0.39, 0.29) is 5.54 Å². The number of aromatic nitrogens is 3. The lowest BCUT2D eigenvalue weighted by Crippen LogP contribution is -2.35. The molecule has 2 aromatic heterocycles. The van der Waals surface area contributed by atoms with Crippen molar-refractivity contribution in [3.8, 4) is 5.82 Å². The number of hydrogen-bond donors (Lipinski definition) is 1. The normalized spacial score (nSPS) is 12.0. The standard InChI is InChI=1S/C17H20N4/c1-17(2,3)18-12-13-11-16(21-10-6-9-19-21)20-15-8-5-4-7-14(13)15/h4-11,18H,12H2,1-3H3. The molecule has 0 aliphatic heterocycles. The van der Waals surface area contributed by atoms with E-state index in [0.29, 0.717) is 0 Å². The molecule has 0 fully saturated rings. The summed E-state index contributed by atoms with van der Waals surface area (Å²) >= 11 is 0. The van der Waals surface area contributed by atoms with E-state index in [9.17, 15) is 0 Å². The smallest absolute Gasteiger partial charge is 0.154 e. The Morgan fingerprint density at radius 2 is 1.95 bits per heavy atom. The van der Waals surface area contributed by atoms with E-state index in [2.05, 4.69) is 49.4 Å². The molecule has 0 saturated heterocycles. The van der Waals surface area contributed by atoms with Crippen molar-refractivity contribution in [3.05, 3.63) is 54.4 Å². The number of pyridine rings is 1. The highest BCUT2D eigenvalue weighted by Crippen LogP contribution is 2.20. The van der Waals surface area contributed by atoms with E-state index < -0.39 is 0 Å². The number of hydrogen-bond acceptors (Lipinski definition) is 3. The molecule has 0 aliphatic rings. The Morgan fingerprint density at radius 3 is 2.67 bits per heavy atom. The van der Waals surface area contributed by atoms with Crippen LogP contribution in [0.25, 0.3) is 16.7 Å². The van der Waals surface area contributed by atoms with Crippen LogP contribution in [0.3, 0.4) is 0 Å². The van der Waals surface area contributed by atoms with Crippen LogP contribution >= 0.6 is 0 Å². The Labute approximate surface area is 124 Å². The van der Waals surface area contributed by atoms with Crippen molar-refractivity contribution in [2.45, 2.75) is 32.9 Å². The molecule has 4 heteroatoms. The third-order valence-electron chi connectivity index (χ3n) is 3.34. The van der Waals surface area contributed by atoms with Crippen molar-refractivity contribution in [3.63, 3.8) is 0 Å². The Morgan fingerprint density at radius 1 is 1.14 bits per heavy atom. The summed E-state index contributed by atoms with van der Waals surface area (Å²) in [6.45, 7) is 7.32. The molecule has 0 unspecified atom stereocenters. The first-order chi connectivity index (χ1) is 10.0. The zero-order valence-electron chi connectivity index (χ0n) is 12.7. The summed E-state index contributed by atoms with van der Waals surface area (Å²) in [5.41, 5.74) is 2.31. The van der Waals surface area contributed by atoms with Gasteiger partial charge in [0.15, 0.2) is 5.82 Å². The summed E-state index contributed by atoms with van der Waals surface area (Å²) in [5.74, 6) is 0.851. The molecule has 0 spiro atoms. The van der Waals surface area contributed by atoms with Gasteiger partial charge < -0.3 is 5.32 Å². The SMILES string of the molecule is CC(C)(C)NCc1cc(-n2cccn2)nc2ccccc12. The van der Waals surface area contributed by atoms with E-state index in [1.807, 2.05) is 24.4 Å². The number of rotatable bonds is 3. The van der Waals surface area contributed by atoms with Crippen molar-refractivity contribution < 1.29 is 0 Å². The van der Waals surface area contributed by atoms with Crippen molar-refractivity contribution >= 4 is 10.9 Å². The van der Waals surface area contributed by atoms with Gasteiger partial charge in [0.1, 0.15) is 0 Å². The molecule has 3 aromatic rings. The Hall–Kier alpha value is -2.20. The van der Waals surface area contributed by atoms with Crippen LogP contribution in [0.15, 0.2) is 48.8 Å². The van der Waals surface area contributed by atoms with E-state index >= 15 is 0 Å². The van der Waals surface area contributed by atoms with E-state index in [1.165, 1.54) is 10.9 Å². The summed E-state index contributed by atoms with van der Waals surface area (Å²) < 4.78 is 1.80. The molecule has 0 atom stereocenters. The third kappa shape index (κ3) is 3.11. The van der Waals surface area contributed by atoms with Gasteiger partial charge in [-0.05, 0) is 44.5 Å². The summed E-state index contributed by atoms with van der Waals surface area (Å²) in [4.78, 5) is 4.70. The Bertz CT molecular complexity index is 739. The number of nitrogens with one attached hydrogen (secondary N) is 1. The van der Waals surface area contributed by atoms with Crippen LogP contribution in [-0.4, -0.2) is 20.3 Å². The van der Waals surface area contributed by atoms with Crippen LogP contribution < -0.4 is 5.32 Å². The lowest BCUT2D eigenvalue weighted by molar-refractivity contribution is 0.425. The zero-order valence-corrected chi connectivity index (χ0v) is 12.7. The van der Waals surface area contributed by atoms with E-state index in [1.54, 1.807) is 10.9 Å². The van der Waals surface area contributed by atoms with Crippen molar-refractivity contribution in [2.24, 2.45) is 0 Å². The molecule has 0 bridgehead atoms. The van der Waals surface area contributed by atoms with E-state index in [4.69, 9.17) is 4.98 Å². The molecule has 0 saturated carbocycles. The second kappa shape index (κ2) is 5.30. The topological polar surface area (TPSA) is 42.7 Å². The summed E-state index contributed by atoms with van der Waals surface area (Å²) in [6, 6.07) is 12.2. The average molecular weight is 280 g/mol. The fourth-order valence-corrected chi connectivity index (χ4v) is 2.26. The Balaban J connectivity index is 2.07. The Kier molecular flexibility index (Phi) is 3.47. The van der Waals surface area contributed by atoms with Crippen LogP contribution in [0.1, 0.15) is 26.3 Å². The van der Waals surface area contributed by atoms with Crippen LogP contribution in [0.5, 0.6) is 0 Å². The second-order valence-corrected chi connectivity index (χ2v) is 6.21. The molecular formula is C17H20N4. The quantitative estimate of drug-likeness (QED) is 0.800.